The van der Waals surface area contributed by atoms with Crippen molar-refractivity contribution >= 4 is 0 Å². The summed E-state index contributed by atoms with van der Waals surface area (Å²) in [6.07, 6.45) is 2.89. The summed E-state index contributed by atoms with van der Waals surface area (Å²) in [4.78, 5) is 0. The highest BCUT2D eigenvalue weighted by atomic mass is 19.3. The Morgan fingerprint density at radius 3 is 2.70 bits per heavy atom. The van der Waals surface area contributed by atoms with Gasteiger partial charge in [-0.25, -0.2) is 8.78 Å². The summed E-state index contributed by atoms with van der Waals surface area (Å²) in [5.74, 6) is 0. The molecule has 2 heterocycles. The lowest BCUT2D eigenvalue weighted by Gasteiger charge is -2.01. The zero-order valence-electron chi connectivity index (χ0n) is 11.7. The zero-order valence-corrected chi connectivity index (χ0v) is 11.7. The van der Waals surface area contributed by atoms with Gasteiger partial charge >= 0.3 is 0 Å². The molecule has 0 fully saturated rings. The summed E-state index contributed by atoms with van der Waals surface area (Å²) in [5.41, 5.74) is 3.05. The predicted octanol–water partition coefficient (Wildman–Crippen LogP) is 1.96. The molecule has 0 aliphatic rings. The molecule has 0 amide bonds. The lowest BCUT2D eigenvalue weighted by molar-refractivity contribution is 0.122. The third-order valence-corrected chi connectivity index (χ3v) is 3.03. The van der Waals surface area contributed by atoms with E-state index in [-0.39, 0.29) is 6.54 Å². The molecule has 0 spiro atoms. The molecule has 0 atom stereocenters. The van der Waals surface area contributed by atoms with Crippen LogP contribution >= 0.6 is 0 Å². The van der Waals surface area contributed by atoms with E-state index in [0.717, 1.165) is 23.4 Å². The van der Waals surface area contributed by atoms with Gasteiger partial charge in [-0.3, -0.25) is 9.36 Å². The van der Waals surface area contributed by atoms with Crippen LogP contribution in [0, 0.1) is 6.92 Å². The van der Waals surface area contributed by atoms with Crippen LogP contribution in [0.2, 0.25) is 0 Å². The smallest absolute Gasteiger partial charge is 0.257 e. The molecule has 0 bridgehead atoms. The minimum Gasteiger partial charge on any atom is -0.308 e. The van der Waals surface area contributed by atoms with Crippen molar-refractivity contribution in [1.29, 1.82) is 0 Å². The maximum atomic E-state index is 12.2. The molecular formula is C13H19F2N5. The van der Waals surface area contributed by atoms with Crippen LogP contribution in [0.5, 0.6) is 0 Å². The Kier molecular flexibility index (Phi) is 4.84. The van der Waals surface area contributed by atoms with Crippen molar-refractivity contribution in [2.45, 2.75) is 46.5 Å². The van der Waals surface area contributed by atoms with Gasteiger partial charge in [0.1, 0.15) is 6.54 Å². The van der Waals surface area contributed by atoms with Gasteiger partial charge < -0.3 is 5.32 Å². The molecule has 2 rings (SSSR count). The van der Waals surface area contributed by atoms with Crippen molar-refractivity contribution in [3.05, 3.63) is 35.4 Å². The van der Waals surface area contributed by atoms with Crippen molar-refractivity contribution in [2.24, 2.45) is 0 Å². The molecule has 0 saturated heterocycles. The predicted molar refractivity (Wildman–Crippen MR) is 71.4 cm³/mol. The number of aryl methyl sites for hydroxylation is 2. The van der Waals surface area contributed by atoms with E-state index in [0.29, 0.717) is 13.1 Å². The number of nitrogens with one attached hydrogen (secondary N) is 1. The third kappa shape index (κ3) is 3.86. The molecule has 0 unspecified atom stereocenters. The van der Waals surface area contributed by atoms with Crippen molar-refractivity contribution in [2.75, 3.05) is 0 Å². The Bertz CT molecular complexity index is 547. The summed E-state index contributed by atoms with van der Waals surface area (Å²) < 4.78 is 27.6. The van der Waals surface area contributed by atoms with E-state index < -0.39 is 6.43 Å². The standard InChI is InChI=1S/C13H19F2N5/c1-3-19-8-12(10(2)18-19)6-16-4-11-5-17-20(7-11)9-13(14)15/h5,7-8,13,16H,3-4,6,9H2,1-2H3. The highest BCUT2D eigenvalue weighted by Crippen LogP contribution is 2.06. The second kappa shape index (κ2) is 6.60. The van der Waals surface area contributed by atoms with Crippen molar-refractivity contribution in [3.8, 4) is 0 Å². The second-order valence-corrected chi connectivity index (χ2v) is 4.66. The normalized spacial score (nSPS) is 11.4. The molecule has 20 heavy (non-hydrogen) atoms. The highest BCUT2D eigenvalue weighted by molar-refractivity contribution is 5.15. The van der Waals surface area contributed by atoms with Crippen LogP contribution < -0.4 is 5.32 Å². The molecule has 0 aliphatic carbocycles. The van der Waals surface area contributed by atoms with Gasteiger partial charge in [0.2, 0.25) is 0 Å². The van der Waals surface area contributed by atoms with Gasteiger partial charge in [-0.1, -0.05) is 0 Å². The van der Waals surface area contributed by atoms with Gasteiger partial charge in [0.25, 0.3) is 6.43 Å². The summed E-state index contributed by atoms with van der Waals surface area (Å²) in [7, 11) is 0. The SMILES string of the molecule is CCn1cc(CNCc2cnn(CC(F)F)c2)c(C)n1. The summed E-state index contributed by atoms with van der Waals surface area (Å²) in [6.45, 7) is 5.81. The number of rotatable bonds is 7. The van der Waals surface area contributed by atoms with Crippen LogP contribution in [0.25, 0.3) is 0 Å². The van der Waals surface area contributed by atoms with Gasteiger partial charge in [0.05, 0.1) is 11.9 Å². The van der Waals surface area contributed by atoms with E-state index in [1.807, 2.05) is 24.7 Å². The van der Waals surface area contributed by atoms with E-state index >= 15 is 0 Å². The van der Waals surface area contributed by atoms with E-state index in [9.17, 15) is 8.78 Å². The molecule has 2 aromatic heterocycles. The molecule has 7 heteroatoms. The quantitative estimate of drug-likeness (QED) is 0.845. The molecule has 0 radical (unpaired) electrons. The number of nitrogens with zero attached hydrogens (tertiary/aromatic N) is 4. The number of alkyl halides is 2. The Balaban J connectivity index is 1.83. The fourth-order valence-corrected chi connectivity index (χ4v) is 1.98. The third-order valence-electron chi connectivity index (χ3n) is 3.03. The van der Waals surface area contributed by atoms with Crippen LogP contribution in [-0.2, 0) is 26.2 Å². The average molecular weight is 283 g/mol. The first-order chi connectivity index (χ1) is 9.58. The minimum atomic E-state index is -2.38. The second-order valence-electron chi connectivity index (χ2n) is 4.66. The largest absolute Gasteiger partial charge is 0.308 e. The van der Waals surface area contributed by atoms with Crippen LogP contribution in [0.15, 0.2) is 18.6 Å². The van der Waals surface area contributed by atoms with Crippen molar-refractivity contribution in [3.63, 3.8) is 0 Å². The van der Waals surface area contributed by atoms with Gasteiger partial charge in [0.15, 0.2) is 0 Å². The van der Waals surface area contributed by atoms with Crippen LogP contribution in [0.3, 0.4) is 0 Å². The summed E-state index contributed by atoms with van der Waals surface area (Å²) >= 11 is 0. The first kappa shape index (κ1) is 14.6. The number of aromatic nitrogens is 4. The molecule has 1 N–H and O–H groups in total. The molecule has 0 aromatic carbocycles. The fraction of sp³-hybridized carbons (Fsp3) is 0.538. The molecule has 5 nitrogen and oxygen atoms in total. The molecule has 110 valence electrons. The fourth-order valence-electron chi connectivity index (χ4n) is 1.98. The van der Waals surface area contributed by atoms with Gasteiger partial charge in [-0.2, -0.15) is 10.2 Å². The Labute approximate surface area is 116 Å². The van der Waals surface area contributed by atoms with Gasteiger partial charge in [-0.05, 0) is 13.8 Å². The number of hydrogen-bond acceptors (Lipinski definition) is 3. The zero-order chi connectivity index (χ0) is 14.5. The van der Waals surface area contributed by atoms with Gasteiger partial charge in [-0.15, -0.1) is 0 Å². The maximum absolute atomic E-state index is 12.2. The number of hydrogen-bond donors (Lipinski definition) is 1. The van der Waals surface area contributed by atoms with E-state index in [2.05, 4.69) is 15.5 Å². The van der Waals surface area contributed by atoms with E-state index in [1.165, 1.54) is 4.68 Å². The lowest BCUT2D eigenvalue weighted by Crippen LogP contribution is -2.12. The lowest BCUT2D eigenvalue weighted by atomic mass is 10.2. The van der Waals surface area contributed by atoms with Crippen LogP contribution in [-0.4, -0.2) is 26.0 Å². The Morgan fingerprint density at radius 2 is 2.05 bits per heavy atom. The monoisotopic (exact) mass is 283 g/mol. The Morgan fingerprint density at radius 1 is 1.25 bits per heavy atom. The van der Waals surface area contributed by atoms with Crippen molar-refractivity contribution in [1.82, 2.24) is 24.9 Å². The number of halogens is 2. The maximum Gasteiger partial charge on any atom is 0.257 e. The molecule has 0 aliphatic heterocycles. The highest BCUT2D eigenvalue weighted by Gasteiger charge is 2.06. The summed E-state index contributed by atoms with van der Waals surface area (Å²) in [6, 6.07) is 0. The van der Waals surface area contributed by atoms with Crippen LogP contribution in [0.4, 0.5) is 8.78 Å². The van der Waals surface area contributed by atoms with Gasteiger partial charge in [0, 0.05) is 43.2 Å². The Hall–Kier alpha value is -1.76. The average Bonchev–Trinajstić information content (AvgIpc) is 2.96. The minimum absolute atomic E-state index is 0.359. The van der Waals surface area contributed by atoms with Crippen molar-refractivity contribution < 1.29 is 8.78 Å². The van der Waals surface area contributed by atoms with E-state index in [1.54, 1.807) is 12.4 Å². The first-order valence-electron chi connectivity index (χ1n) is 6.61. The summed E-state index contributed by atoms with van der Waals surface area (Å²) in [5, 5.41) is 11.5. The molecular weight excluding hydrogens is 264 g/mol. The van der Waals surface area contributed by atoms with Crippen LogP contribution in [0.1, 0.15) is 23.7 Å². The van der Waals surface area contributed by atoms with E-state index in [4.69, 9.17) is 0 Å². The first-order valence-corrected chi connectivity index (χ1v) is 6.61. The molecule has 0 saturated carbocycles. The molecule has 2 aromatic rings. The topological polar surface area (TPSA) is 47.7 Å².